The van der Waals surface area contributed by atoms with Crippen LogP contribution in [0.4, 0.5) is 24.5 Å². The van der Waals surface area contributed by atoms with Crippen LogP contribution in [0.1, 0.15) is 17.4 Å². The molecule has 0 bridgehead atoms. The van der Waals surface area contributed by atoms with Gasteiger partial charge in [-0.25, -0.2) is 0 Å². The monoisotopic (exact) mass is 343 g/mol. The molecule has 1 aromatic heterocycles. The van der Waals surface area contributed by atoms with Crippen molar-refractivity contribution in [3.63, 3.8) is 0 Å². The summed E-state index contributed by atoms with van der Waals surface area (Å²) in [5.74, 6) is 0.641. The predicted octanol–water partition coefficient (Wildman–Crippen LogP) is 3.92. The summed E-state index contributed by atoms with van der Waals surface area (Å²) in [6.07, 6.45) is -3.13. The fraction of sp³-hybridized carbons (Fsp3) is 0.333. The molecule has 1 atom stereocenters. The summed E-state index contributed by atoms with van der Waals surface area (Å²) < 4.78 is 43.4. The standard InChI is InChI=1S/C15H16F3N3O3/c1-20(2)13(14-4-3-7-24-14)9-19-11-6-5-10(15(16,17)18)8-12(11)21(22)23/h3-8,13,19H,9H2,1-2H3. The second-order valence-electron chi connectivity index (χ2n) is 5.36. The molecule has 0 spiro atoms. The highest BCUT2D eigenvalue weighted by atomic mass is 19.4. The van der Waals surface area contributed by atoms with Crippen LogP contribution in [0.2, 0.25) is 0 Å². The molecule has 1 N–H and O–H groups in total. The van der Waals surface area contributed by atoms with Crippen LogP contribution in [0.5, 0.6) is 0 Å². The number of likely N-dealkylation sites (N-methyl/N-ethyl adjacent to an activating group) is 1. The van der Waals surface area contributed by atoms with Gasteiger partial charge in [0, 0.05) is 12.6 Å². The maximum atomic E-state index is 12.7. The molecule has 9 heteroatoms. The molecular weight excluding hydrogens is 327 g/mol. The van der Waals surface area contributed by atoms with Crippen molar-refractivity contribution in [3.8, 4) is 0 Å². The highest BCUT2D eigenvalue weighted by molar-refractivity contribution is 5.63. The van der Waals surface area contributed by atoms with Crippen LogP contribution in [0.25, 0.3) is 0 Å². The molecule has 0 saturated carbocycles. The van der Waals surface area contributed by atoms with E-state index in [-0.39, 0.29) is 18.3 Å². The van der Waals surface area contributed by atoms with Gasteiger partial charge in [-0.3, -0.25) is 15.0 Å². The molecule has 6 nitrogen and oxygen atoms in total. The number of alkyl halides is 3. The maximum absolute atomic E-state index is 12.7. The number of hydrogen-bond acceptors (Lipinski definition) is 5. The molecule has 0 saturated heterocycles. The van der Waals surface area contributed by atoms with Crippen LogP contribution in [-0.2, 0) is 6.18 Å². The van der Waals surface area contributed by atoms with Crippen LogP contribution in [-0.4, -0.2) is 30.5 Å². The number of benzene rings is 1. The Kier molecular flexibility index (Phi) is 5.13. The van der Waals surface area contributed by atoms with Gasteiger partial charge in [0.05, 0.1) is 22.8 Å². The van der Waals surface area contributed by atoms with E-state index in [1.807, 2.05) is 4.90 Å². The Balaban J connectivity index is 2.24. The van der Waals surface area contributed by atoms with Gasteiger partial charge >= 0.3 is 6.18 Å². The zero-order chi connectivity index (χ0) is 17.9. The number of furan rings is 1. The molecule has 0 aliphatic rings. The van der Waals surface area contributed by atoms with Gasteiger partial charge < -0.3 is 9.73 Å². The fourth-order valence-electron chi connectivity index (χ4n) is 2.23. The van der Waals surface area contributed by atoms with Gasteiger partial charge in [-0.05, 0) is 38.4 Å². The third-order valence-corrected chi connectivity index (χ3v) is 3.50. The topological polar surface area (TPSA) is 71.5 Å². The van der Waals surface area contributed by atoms with Crippen LogP contribution in [0.3, 0.4) is 0 Å². The Morgan fingerprint density at radius 3 is 2.54 bits per heavy atom. The molecule has 24 heavy (non-hydrogen) atoms. The molecule has 0 amide bonds. The van der Waals surface area contributed by atoms with Crippen molar-refractivity contribution < 1.29 is 22.5 Å². The Hall–Kier alpha value is -2.55. The number of anilines is 1. The number of rotatable bonds is 6. The van der Waals surface area contributed by atoms with Gasteiger partial charge in [0.1, 0.15) is 11.4 Å². The molecule has 2 rings (SSSR count). The first-order chi connectivity index (χ1) is 11.2. The molecule has 1 aromatic carbocycles. The molecule has 130 valence electrons. The van der Waals surface area contributed by atoms with Crippen molar-refractivity contribution in [1.29, 1.82) is 0 Å². The smallest absolute Gasteiger partial charge is 0.416 e. The van der Waals surface area contributed by atoms with Gasteiger partial charge in [-0.15, -0.1) is 0 Å². The van der Waals surface area contributed by atoms with Gasteiger partial charge in [0.15, 0.2) is 0 Å². The lowest BCUT2D eigenvalue weighted by atomic mass is 10.1. The van der Waals surface area contributed by atoms with E-state index in [4.69, 9.17) is 4.42 Å². The van der Waals surface area contributed by atoms with E-state index >= 15 is 0 Å². The zero-order valence-corrected chi connectivity index (χ0v) is 13.0. The number of nitrogens with one attached hydrogen (secondary N) is 1. The first-order valence-electron chi connectivity index (χ1n) is 6.99. The normalized spacial score (nSPS) is 13.1. The van der Waals surface area contributed by atoms with E-state index in [1.165, 1.54) is 6.26 Å². The fourth-order valence-corrected chi connectivity index (χ4v) is 2.23. The van der Waals surface area contributed by atoms with Gasteiger partial charge in [-0.1, -0.05) is 0 Å². The van der Waals surface area contributed by atoms with E-state index in [9.17, 15) is 23.3 Å². The Bertz CT molecular complexity index is 700. The van der Waals surface area contributed by atoms with Crippen molar-refractivity contribution in [2.45, 2.75) is 12.2 Å². The van der Waals surface area contributed by atoms with Gasteiger partial charge in [-0.2, -0.15) is 13.2 Å². The summed E-state index contributed by atoms with van der Waals surface area (Å²) in [4.78, 5) is 12.1. The average Bonchev–Trinajstić information content (AvgIpc) is 3.00. The second-order valence-corrected chi connectivity index (χ2v) is 5.36. The number of halogens is 3. The van der Waals surface area contributed by atoms with Crippen molar-refractivity contribution in [3.05, 3.63) is 58.0 Å². The third-order valence-electron chi connectivity index (χ3n) is 3.50. The van der Waals surface area contributed by atoms with Crippen molar-refractivity contribution in [2.24, 2.45) is 0 Å². The van der Waals surface area contributed by atoms with E-state index in [0.29, 0.717) is 11.8 Å². The Labute approximate surface area is 136 Å². The van der Waals surface area contributed by atoms with E-state index in [1.54, 1.807) is 26.2 Å². The zero-order valence-electron chi connectivity index (χ0n) is 13.0. The van der Waals surface area contributed by atoms with Crippen LogP contribution >= 0.6 is 0 Å². The molecule has 0 aliphatic carbocycles. The van der Waals surface area contributed by atoms with E-state index in [0.717, 1.165) is 12.1 Å². The van der Waals surface area contributed by atoms with Crippen molar-refractivity contribution >= 4 is 11.4 Å². The summed E-state index contributed by atoms with van der Waals surface area (Å²) >= 11 is 0. The summed E-state index contributed by atoms with van der Waals surface area (Å²) in [6, 6.07) is 5.64. The minimum Gasteiger partial charge on any atom is -0.468 e. The molecule has 1 heterocycles. The lowest BCUT2D eigenvalue weighted by molar-refractivity contribution is -0.384. The Morgan fingerprint density at radius 1 is 1.33 bits per heavy atom. The van der Waals surface area contributed by atoms with Crippen LogP contribution in [0.15, 0.2) is 41.0 Å². The summed E-state index contributed by atoms with van der Waals surface area (Å²) in [5, 5.41) is 13.9. The predicted molar refractivity (Wildman–Crippen MR) is 81.7 cm³/mol. The number of hydrogen-bond donors (Lipinski definition) is 1. The lowest BCUT2D eigenvalue weighted by Gasteiger charge is -2.23. The van der Waals surface area contributed by atoms with Crippen molar-refractivity contribution in [2.75, 3.05) is 26.0 Å². The molecule has 2 aromatic rings. The average molecular weight is 343 g/mol. The Morgan fingerprint density at radius 2 is 2.04 bits per heavy atom. The first kappa shape index (κ1) is 17.8. The lowest BCUT2D eigenvalue weighted by Crippen LogP contribution is -2.26. The first-order valence-corrected chi connectivity index (χ1v) is 6.99. The number of nitrogens with zero attached hydrogens (tertiary/aromatic N) is 2. The summed E-state index contributed by atoms with van der Waals surface area (Å²) in [5.41, 5.74) is -1.66. The SMILES string of the molecule is CN(C)C(CNc1ccc(C(F)(F)F)cc1[N+](=O)[O-])c1ccco1. The van der Waals surface area contributed by atoms with Crippen LogP contribution in [0, 0.1) is 10.1 Å². The van der Waals surface area contributed by atoms with E-state index in [2.05, 4.69) is 5.32 Å². The van der Waals surface area contributed by atoms with Crippen molar-refractivity contribution in [1.82, 2.24) is 4.90 Å². The highest BCUT2D eigenvalue weighted by Gasteiger charge is 2.33. The minimum atomic E-state index is -4.64. The molecule has 0 radical (unpaired) electrons. The van der Waals surface area contributed by atoms with Gasteiger partial charge in [0.2, 0.25) is 0 Å². The number of nitro benzene ring substituents is 1. The van der Waals surface area contributed by atoms with E-state index < -0.39 is 22.4 Å². The molecule has 0 aliphatic heterocycles. The molecular formula is C15H16F3N3O3. The van der Waals surface area contributed by atoms with Gasteiger partial charge in [0.25, 0.3) is 5.69 Å². The highest BCUT2D eigenvalue weighted by Crippen LogP contribution is 2.35. The summed E-state index contributed by atoms with van der Waals surface area (Å²) in [7, 11) is 3.60. The van der Waals surface area contributed by atoms with Crippen LogP contribution < -0.4 is 5.32 Å². The number of nitro groups is 1. The third kappa shape index (κ3) is 4.05. The minimum absolute atomic E-state index is 0.0198. The second kappa shape index (κ2) is 6.91. The molecule has 1 unspecified atom stereocenters. The molecule has 0 fully saturated rings. The summed E-state index contributed by atoms with van der Waals surface area (Å²) in [6.45, 7) is 0.229. The quantitative estimate of drug-likeness (QED) is 0.636. The largest absolute Gasteiger partial charge is 0.468 e. The maximum Gasteiger partial charge on any atom is 0.416 e.